The summed E-state index contributed by atoms with van der Waals surface area (Å²) in [7, 11) is 1.70. The largest absolute Gasteiger partial charge is 0.497 e. The average Bonchev–Trinajstić information content (AvgIpc) is 2.76. The minimum absolute atomic E-state index is 0.910. The van der Waals surface area contributed by atoms with Gasteiger partial charge >= 0.3 is 0 Å². The second kappa shape index (κ2) is 3.35. The third-order valence-corrected chi connectivity index (χ3v) is 3.61. The number of benzene rings is 2. The number of nitrogens with one attached hydrogen (secondary N) is 1. The van der Waals surface area contributed by atoms with E-state index in [0.29, 0.717) is 0 Å². The molecule has 0 atom stereocenters. The lowest BCUT2D eigenvalue weighted by Crippen LogP contribution is -1.90. The molecule has 0 amide bonds. The molecule has 0 aliphatic carbocycles. The Kier molecular flexibility index (Phi) is 1.99. The summed E-state index contributed by atoms with van der Waals surface area (Å²) < 4.78 is 5.22. The third kappa shape index (κ3) is 1.35. The van der Waals surface area contributed by atoms with Crippen molar-refractivity contribution in [3.05, 3.63) is 30.3 Å². The maximum Gasteiger partial charge on any atom is 0.119 e. The predicted molar refractivity (Wildman–Crippen MR) is 64.8 cm³/mol. The average molecular weight is 217 g/mol. The van der Waals surface area contributed by atoms with Gasteiger partial charge < -0.3 is 10.1 Å². The van der Waals surface area contributed by atoms with Crippen molar-refractivity contribution in [1.82, 2.24) is 0 Å². The number of hydrogen-bond donors (Lipinski definition) is 1. The van der Waals surface area contributed by atoms with E-state index in [1.165, 1.54) is 21.4 Å². The number of rotatable bonds is 1. The van der Waals surface area contributed by atoms with Crippen molar-refractivity contribution in [2.45, 2.75) is 4.90 Å². The first-order valence-corrected chi connectivity index (χ1v) is 5.84. The highest BCUT2D eigenvalue weighted by Gasteiger charge is 2.13. The second-order valence-electron chi connectivity index (χ2n) is 3.49. The Labute approximate surface area is 92.6 Å². The van der Waals surface area contributed by atoms with Gasteiger partial charge in [-0.05, 0) is 29.7 Å². The molecule has 1 aliphatic heterocycles. The third-order valence-electron chi connectivity index (χ3n) is 2.67. The van der Waals surface area contributed by atoms with Gasteiger partial charge in [-0.3, -0.25) is 0 Å². The lowest BCUT2D eigenvalue weighted by molar-refractivity contribution is 0.415. The van der Waals surface area contributed by atoms with Crippen LogP contribution >= 0.6 is 11.8 Å². The molecular weight excluding hydrogens is 206 g/mol. The molecule has 1 N–H and O–H groups in total. The molecule has 15 heavy (non-hydrogen) atoms. The van der Waals surface area contributed by atoms with Crippen LogP contribution in [-0.4, -0.2) is 13.0 Å². The molecule has 0 fully saturated rings. The normalized spacial score (nSPS) is 13.7. The van der Waals surface area contributed by atoms with Crippen molar-refractivity contribution in [2.24, 2.45) is 0 Å². The Morgan fingerprint density at radius 1 is 1.27 bits per heavy atom. The van der Waals surface area contributed by atoms with Crippen LogP contribution in [0, 0.1) is 0 Å². The number of methoxy groups -OCH3 is 1. The van der Waals surface area contributed by atoms with Crippen LogP contribution < -0.4 is 10.1 Å². The van der Waals surface area contributed by atoms with Crippen LogP contribution in [0.4, 0.5) is 5.69 Å². The van der Waals surface area contributed by atoms with Gasteiger partial charge in [0, 0.05) is 10.3 Å². The van der Waals surface area contributed by atoms with Crippen molar-refractivity contribution in [3.63, 3.8) is 0 Å². The monoisotopic (exact) mass is 217 g/mol. The smallest absolute Gasteiger partial charge is 0.119 e. The van der Waals surface area contributed by atoms with Crippen molar-refractivity contribution in [3.8, 4) is 5.75 Å². The highest BCUT2D eigenvalue weighted by atomic mass is 32.2. The lowest BCUT2D eigenvalue weighted by atomic mass is 10.1. The van der Waals surface area contributed by atoms with Gasteiger partial charge in [-0.1, -0.05) is 6.07 Å². The van der Waals surface area contributed by atoms with E-state index < -0.39 is 0 Å². The highest BCUT2D eigenvalue weighted by molar-refractivity contribution is 7.99. The minimum atomic E-state index is 0.910. The summed E-state index contributed by atoms with van der Waals surface area (Å²) in [6.45, 7) is 0. The summed E-state index contributed by atoms with van der Waals surface area (Å²) in [6.07, 6.45) is 0. The Balaban J connectivity index is 2.29. The van der Waals surface area contributed by atoms with Crippen molar-refractivity contribution in [1.29, 1.82) is 0 Å². The van der Waals surface area contributed by atoms with Crippen LogP contribution in [0.5, 0.6) is 5.75 Å². The van der Waals surface area contributed by atoms with Crippen molar-refractivity contribution in [2.75, 3.05) is 18.3 Å². The lowest BCUT2D eigenvalue weighted by Gasteiger charge is -2.06. The van der Waals surface area contributed by atoms with E-state index >= 15 is 0 Å². The van der Waals surface area contributed by atoms with E-state index in [9.17, 15) is 0 Å². The zero-order valence-corrected chi connectivity index (χ0v) is 9.23. The van der Waals surface area contributed by atoms with E-state index in [0.717, 1.165) is 11.6 Å². The number of hydrogen-bond acceptors (Lipinski definition) is 3. The number of thioether (sulfide) groups is 1. The molecule has 1 aliphatic rings. The molecule has 0 spiro atoms. The quantitative estimate of drug-likeness (QED) is 0.791. The molecule has 76 valence electrons. The van der Waals surface area contributed by atoms with Crippen LogP contribution in [0.15, 0.2) is 35.2 Å². The maximum absolute atomic E-state index is 5.22. The van der Waals surface area contributed by atoms with Crippen LogP contribution in [-0.2, 0) is 0 Å². The van der Waals surface area contributed by atoms with Gasteiger partial charge in [-0.2, -0.15) is 0 Å². The fourth-order valence-electron chi connectivity index (χ4n) is 1.90. The van der Waals surface area contributed by atoms with Crippen LogP contribution in [0.2, 0.25) is 0 Å². The number of anilines is 1. The fraction of sp³-hybridized carbons (Fsp3) is 0.167. The van der Waals surface area contributed by atoms with Crippen LogP contribution in [0.3, 0.4) is 0 Å². The molecule has 1 heterocycles. The molecule has 2 aromatic carbocycles. The first kappa shape index (κ1) is 8.92. The van der Waals surface area contributed by atoms with E-state index in [2.05, 4.69) is 29.6 Å². The first-order valence-electron chi connectivity index (χ1n) is 4.86. The summed E-state index contributed by atoms with van der Waals surface area (Å²) in [4.78, 5) is 1.34. The van der Waals surface area contributed by atoms with Crippen molar-refractivity contribution < 1.29 is 4.74 Å². The second-order valence-corrected chi connectivity index (χ2v) is 4.51. The fourth-order valence-corrected chi connectivity index (χ4v) is 2.77. The standard InChI is InChI=1S/C12H11NOS/c1-14-9-3-4-10-8(6-9)2-5-11-12(10)13-7-15-11/h2-6,13H,7H2,1H3. The Morgan fingerprint density at radius 3 is 3.07 bits per heavy atom. The topological polar surface area (TPSA) is 21.3 Å². The molecule has 0 saturated heterocycles. The maximum atomic E-state index is 5.22. The summed E-state index contributed by atoms with van der Waals surface area (Å²) in [5.41, 5.74) is 1.26. The van der Waals surface area contributed by atoms with E-state index in [4.69, 9.17) is 4.74 Å². The molecule has 0 aromatic heterocycles. The van der Waals surface area contributed by atoms with Crippen molar-refractivity contribution >= 4 is 28.2 Å². The molecule has 2 nitrogen and oxygen atoms in total. The zero-order valence-electron chi connectivity index (χ0n) is 8.41. The summed E-state index contributed by atoms with van der Waals surface area (Å²) >= 11 is 1.85. The Morgan fingerprint density at radius 2 is 2.20 bits per heavy atom. The van der Waals surface area contributed by atoms with Gasteiger partial charge in [-0.15, -0.1) is 11.8 Å². The Hall–Kier alpha value is -1.35. The van der Waals surface area contributed by atoms with E-state index in [-0.39, 0.29) is 0 Å². The van der Waals surface area contributed by atoms with E-state index in [1.807, 2.05) is 17.8 Å². The summed E-state index contributed by atoms with van der Waals surface area (Å²) in [6, 6.07) is 10.5. The number of fused-ring (bicyclic) bond motifs is 3. The Bertz CT molecular complexity index is 524. The first-order chi connectivity index (χ1) is 7.38. The predicted octanol–water partition coefficient (Wildman–Crippen LogP) is 3.32. The molecule has 0 radical (unpaired) electrons. The van der Waals surface area contributed by atoms with Gasteiger partial charge in [0.2, 0.25) is 0 Å². The van der Waals surface area contributed by atoms with Gasteiger partial charge in [0.15, 0.2) is 0 Å². The van der Waals surface area contributed by atoms with Gasteiger partial charge in [-0.25, -0.2) is 0 Å². The number of ether oxygens (including phenoxy) is 1. The highest BCUT2D eigenvalue weighted by Crippen LogP contribution is 2.39. The zero-order chi connectivity index (χ0) is 10.3. The molecule has 0 bridgehead atoms. The van der Waals surface area contributed by atoms with Gasteiger partial charge in [0.25, 0.3) is 0 Å². The van der Waals surface area contributed by atoms with E-state index in [1.54, 1.807) is 7.11 Å². The molecule has 2 aromatic rings. The summed E-state index contributed by atoms with van der Waals surface area (Å²) in [5, 5.41) is 5.90. The molecule has 0 saturated carbocycles. The van der Waals surface area contributed by atoms with Crippen LogP contribution in [0.1, 0.15) is 0 Å². The molecule has 3 rings (SSSR count). The SMILES string of the molecule is COc1ccc2c3c(ccc2c1)SCN3. The molecule has 3 heteroatoms. The van der Waals surface area contributed by atoms with Crippen LogP contribution in [0.25, 0.3) is 10.8 Å². The van der Waals surface area contributed by atoms with Gasteiger partial charge in [0.1, 0.15) is 5.75 Å². The minimum Gasteiger partial charge on any atom is -0.497 e. The van der Waals surface area contributed by atoms with Gasteiger partial charge in [0.05, 0.1) is 18.7 Å². The summed E-state index contributed by atoms with van der Waals surface area (Å²) in [5.74, 6) is 1.88. The molecular formula is C12H11NOS. The molecule has 0 unspecified atom stereocenters.